The van der Waals surface area contributed by atoms with E-state index in [0.29, 0.717) is 29.8 Å². The summed E-state index contributed by atoms with van der Waals surface area (Å²) >= 11 is 0. The van der Waals surface area contributed by atoms with E-state index in [1.165, 1.54) is 0 Å². The lowest BCUT2D eigenvalue weighted by atomic mass is 9.66. The molecule has 146 valence electrons. The number of nitrogens with zero attached hydrogens (tertiary/aromatic N) is 1. The molecule has 0 bridgehead atoms. The summed E-state index contributed by atoms with van der Waals surface area (Å²) in [5.41, 5.74) is 0.425. The summed E-state index contributed by atoms with van der Waals surface area (Å²) in [6, 6.07) is 12.7. The maximum Gasteiger partial charge on any atom is 0.326 e. The van der Waals surface area contributed by atoms with E-state index >= 15 is 0 Å². The molecule has 0 radical (unpaired) electrons. The number of carbonyl (C=O) groups is 2. The van der Waals surface area contributed by atoms with Gasteiger partial charge in [0.15, 0.2) is 5.41 Å². The Morgan fingerprint density at radius 3 is 2.36 bits per heavy atom. The molecule has 2 aliphatic rings. The molecule has 0 saturated heterocycles. The summed E-state index contributed by atoms with van der Waals surface area (Å²) < 4.78 is 29.6. The second kappa shape index (κ2) is 7.30. The second-order valence-corrected chi connectivity index (χ2v) is 6.86. The van der Waals surface area contributed by atoms with Gasteiger partial charge >= 0.3 is 11.9 Å². The third-order valence-corrected chi connectivity index (χ3v) is 5.32. The molecule has 0 saturated carbocycles. The van der Waals surface area contributed by atoms with Crippen molar-refractivity contribution in [3.05, 3.63) is 65.2 Å². The van der Waals surface area contributed by atoms with E-state index in [1.807, 2.05) is 24.3 Å². The molecule has 2 aromatic rings. The van der Waals surface area contributed by atoms with Gasteiger partial charge in [0.1, 0.15) is 0 Å². The summed E-state index contributed by atoms with van der Waals surface area (Å²) in [5, 5.41) is 0. The SMILES string of the molecule is [2H][C@@H]1c2ccccc2N2CCc3ccccc3[C@@]2([2H])C1(C(=O)OCC)C(=O)OCC. The highest BCUT2D eigenvalue weighted by Crippen LogP contribution is 2.53. The van der Waals surface area contributed by atoms with Crippen LogP contribution in [-0.4, -0.2) is 31.7 Å². The van der Waals surface area contributed by atoms with Crippen LogP contribution in [0.5, 0.6) is 0 Å². The predicted octanol–water partition coefficient (Wildman–Crippen LogP) is 3.46. The number of carbonyl (C=O) groups excluding carboxylic acids is 2. The van der Waals surface area contributed by atoms with E-state index in [0.717, 1.165) is 5.56 Å². The van der Waals surface area contributed by atoms with Crippen LogP contribution in [0.3, 0.4) is 0 Å². The molecule has 2 aliphatic heterocycles. The van der Waals surface area contributed by atoms with E-state index in [2.05, 4.69) is 0 Å². The lowest BCUT2D eigenvalue weighted by Crippen LogP contribution is -2.58. The maximum atomic E-state index is 13.5. The van der Waals surface area contributed by atoms with Crippen molar-refractivity contribution < 1.29 is 21.8 Å². The minimum Gasteiger partial charge on any atom is -0.465 e. The number of benzene rings is 2. The number of hydrogen-bond donors (Lipinski definition) is 0. The summed E-state index contributed by atoms with van der Waals surface area (Å²) in [5.74, 6) is -1.79. The number of esters is 2. The number of ether oxygens (including phenoxy) is 2. The smallest absolute Gasteiger partial charge is 0.326 e. The Kier molecular flexibility index (Phi) is 4.22. The zero-order valence-corrected chi connectivity index (χ0v) is 16.1. The average Bonchev–Trinajstić information content (AvgIpc) is 2.74. The third kappa shape index (κ3) is 2.68. The first kappa shape index (κ1) is 16.2. The largest absolute Gasteiger partial charge is 0.465 e. The summed E-state index contributed by atoms with van der Waals surface area (Å²) in [7, 11) is 0. The first-order valence-electron chi connectivity index (χ1n) is 10.7. The van der Waals surface area contributed by atoms with Gasteiger partial charge in [-0.25, -0.2) is 0 Å². The molecule has 0 unspecified atom stereocenters. The molecule has 0 spiro atoms. The van der Waals surface area contributed by atoms with Gasteiger partial charge in [-0.2, -0.15) is 0 Å². The van der Waals surface area contributed by atoms with E-state index in [1.54, 1.807) is 43.0 Å². The molecule has 28 heavy (non-hydrogen) atoms. The molecule has 4 rings (SSSR count). The minimum atomic E-state index is -2.19. The molecule has 5 nitrogen and oxygen atoms in total. The van der Waals surface area contributed by atoms with Gasteiger partial charge < -0.3 is 14.4 Å². The Bertz CT molecular complexity index is 977. The molecule has 0 aromatic heterocycles. The van der Waals surface area contributed by atoms with Crippen molar-refractivity contribution in [2.75, 3.05) is 24.7 Å². The first-order valence-corrected chi connectivity index (χ1v) is 9.66. The van der Waals surface area contributed by atoms with Crippen LogP contribution in [0.25, 0.3) is 0 Å². The van der Waals surface area contributed by atoms with E-state index in [4.69, 9.17) is 10.8 Å². The summed E-state index contributed by atoms with van der Waals surface area (Å²) in [6.07, 6.45) is -0.693. The fourth-order valence-electron chi connectivity index (χ4n) is 4.17. The van der Waals surface area contributed by atoms with Gasteiger partial charge in [0, 0.05) is 20.0 Å². The van der Waals surface area contributed by atoms with Crippen molar-refractivity contribution in [2.24, 2.45) is 5.41 Å². The zero-order chi connectivity index (χ0) is 21.5. The molecule has 2 atom stereocenters. The van der Waals surface area contributed by atoms with Crippen molar-refractivity contribution in [1.29, 1.82) is 0 Å². The Hall–Kier alpha value is -2.82. The van der Waals surface area contributed by atoms with Crippen LogP contribution in [0.2, 0.25) is 0 Å². The zero-order valence-electron chi connectivity index (χ0n) is 18.1. The molecule has 5 heteroatoms. The Balaban J connectivity index is 2.11. The van der Waals surface area contributed by atoms with Crippen molar-refractivity contribution in [1.82, 2.24) is 0 Å². The van der Waals surface area contributed by atoms with Crippen LogP contribution in [0, 0.1) is 5.41 Å². The standard InChI is InChI=1S/C23H25NO4/c1-3-27-21(25)23(22(26)28-4-2)15-17-10-6-8-12-19(17)24-14-13-16-9-5-7-11-18(16)20(23)24/h5-12,20H,3-4,13-15H2,1-2H3/t20-/m0/s1/i15D,20D/t15-,20+/m1. The van der Waals surface area contributed by atoms with Gasteiger partial charge in [0.05, 0.1) is 20.6 Å². The van der Waals surface area contributed by atoms with E-state index < -0.39 is 29.8 Å². The van der Waals surface area contributed by atoms with Gasteiger partial charge in [0.25, 0.3) is 0 Å². The van der Waals surface area contributed by atoms with Crippen molar-refractivity contribution in [2.45, 2.75) is 32.7 Å². The Labute approximate surface area is 168 Å². The van der Waals surface area contributed by atoms with Gasteiger partial charge in [-0.1, -0.05) is 42.5 Å². The lowest BCUT2D eigenvalue weighted by Gasteiger charge is -2.51. The molecule has 0 fully saturated rings. The van der Waals surface area contributed by atoms with Crippen LogP contribution < -0.4 is 4.90 Å². The molecular weight excluding hydrogens is 354 g/mol. The quantitative estimate of drug-likeness (QED) is 0.600. The second-order valence-electron chi connectivity index (χ2n) is 6.86. The first-order chi connectivity index (χ1) is 14.4. The van der Waals surface area contributed by atoms with Crippen molar-refractivity contribution in [3.8, 4) is 0 Å². The normalized spacial score (nSPS) is 25.4. The van der Waals surface area contributed by atoms with Gasteiger partial charge in [-0.15, -0.1) is 0 Å². The molecule has 2 aromatic carbocycles. The molecular formula is C23H25NO4. The van der Waals surface area contributed by atoms with Crippen LogP contribution in [0.1, 0.15) is 39.3 Å². The topological polar surface area (TPSA) is 55.8 Å². The van der Waals surface area contributed by atoms with Crippen molar-refractivity contribution >= 4 is 17.6 Å². The van der Waals surface area contributed by atoms with Crippen LogP contribution >= 0.6 is 0 Å². The number of rotatable bonds is 4. The van der Waals surface area contributed by atoms with Gasteiger partial charge in [-0.05, 0) is 43.0 Å². The third-order valence-electron chi connectivity index (χ3n) is 5.32. The number of hydrogen-bond acceptors (Lipinski definition) is 5. The van der Waals surface area contributed by atoms with Crippen LogP contribution in [0.4, 0.5) is 5.69 Å². The fraction of sp³-hybridized carbons (Fsp3) is 0.391. The molecule has 0 aliphatic carbocycles. The Morgan fingerprint density at radius 1 is 1.07 bits per heavy atom. The fourth-order valence-corrected chi connectivity index (χ4v) is 4.17. The summed E-state index contributed by atoms with van der Waals surface area (Å²) in [6.45, 7) is 3.80. The molecule has 0 N–H and O–H groups in total. The Morgan fingerprint density at radius 2 is 1.68 bits per heavy atom. The maximum absolute atomic E-state index is 13.5. The molecule has 0 amide bonds. The van der Waals surface area contributed by atoms with Crippen LogP contribution in [-0.2, 0) is 31.9 Å². The van der Waals surface area contributed by atoms with Crippen LogP contribution in [0.15, 0.2) is 48.5 Å². The predicted molar refractivity (Wildman–Crippen MR) is 106 cm³/mol. The van der Waals surface area contributed by atoms with Crippen molar-refractivity contribution in [3.63, 3.8) is 0 Å². The average molecular weight is 381 g/mol. The number of fused-ring (bicyclic) bond motifs is 5. The minimum absolute atomic E-state index is 0.0338. The highest BCUT2D eigenvalue weighted by atomic mass is 16.6. The summed E-state index contributed by atoms with van der Waals surface area (Å²) in [4.78, 5) is 28.8. The number of anilines is 1. The lowest BCUT2D eigenvalue weighted by molar-refractivity contribution is -0.175. The number of para-hydroxylation sites is 1. The van der Waals surface area contributed by atoms with Gasteiger partial charge in [0.2, 0.25) is 0 Å². The van der Waals surface area contributed by atoms with E-state index in [-0.39, 0.29) is 13.2 Å². The van der Waals surface area contributed by atoms with Gasteiger partial charge in [-0.3, -0.25) is 9.59 Å². The molecule has 2 heterocycles. The highest BCUT2D eigenvalue weighted by Gasteiger charge is 2.61. The monoisotopic (exact) mass is 381 g/mol. The highest BCUT2D eigenvalue weighted by molar-refractivity contribution is 6.03. The van der Waals surface area contributed by atoms with E-state index in [9.17, 15) is 11.0 Å².